The van der Waals surface area contributed by atoms with E-state index < -0.39 is 33.7 Å². The molecule has 2 aromatic carbocycles. The third kappa shape index (κ3) is 4.54. The second-order valence-electron chi connectivity index (χ2n) is 6.51. The van der Waals surface area contributed by atoms with Gasteiger partial charge in [0.05, 0.1) is 17.6 Å². The Morgan fingerprint density at radius 1 is 1.10 bits per heavy atom. The zero-order chi connectivity index (χ0) is 21.2. The molecule has 0 bridgehead atoms. The predicted molar refractivity (Wildman–Crippen MR) is 100.0 cm³/mol. The molecule has 1 amide bonds. The summed E-state index contributed by atoms with van der Waals surface area (Å²) in [6.07, 6.45) is -3.65. The van der Waals surface area contributed by atoms with E-state index in [0.717, 1.165) is 28.6 Å². The number of amides is 1. The standard InChI is InChI=1S/C19H19F3N2O4S/c1-28-15-8-10-16(11-9-15)29(26,27)24-12-2-3-17(24)18(25)23-14-6-4-13(5-7-14)19(20,21)22/h4-11,17H,2-3,12H2,1H3,(H,23,25)/t17-/m1/s1. The van der Waals surface area contributed by atoms with E-state index in [0.29, 0.717) is 18.6 Å². The number of carbonyl (C=O) groups is 1. The molecular weight excluding hydrogens is 409 g/mol. The van der Waals surface area contributed by atoms with Crippen LogP contribution in [0, 0.1) is 0 Å². The van der Waals surface area contributed by atoms with Gasteiger partial charge in [-0.3, -0.25) is 4.79 Å². The van der Waals surface area contributed by atoms with E-state index in [9.17, 15) is 26.4 Å². The zero-order valence-corrected chi connectivity index (χ0v) is 16.3. The number of sulfonamides is 1. The summed E-state index contributed by atoms with van der Waals surface area (Å²) < 4.78 is 70.0. The molecule has 10 heteroatoms. The van der Waals surface area contributed by atoms with Crippen molar-refractivity contribution >= 4 is 21.6 Å². The number of carbonyl (C=O) groups excluding carboxylic acids is 1. The van der Waals surface area contributed by atoms with Crippen LogP contribution in [0.5, 0.6) is 5.75 Å². The Bertz CT molecular complexity index is 974. The van der Waals surface area contributed by atoms with E-state index in [-0.39, 0.29) is 17.1 Å². The number of rotatable bonds is 5. The van der Waals surface area contributed by atoms with Gasteiger partial charge in [-0.25, -0.2) is 8.42 Å². The fourth-order valence-corrected chi connectivity index (χ4v) is 4.80. The molecule has 1 fully saturated rings. The SMILES string of the molecule is COc1ccc(S(=O)(=O)N2CCC[C@@H]2C(=O)Nc2ccc(C(F)(F)F)cc2)cc1. The van der Waals surface area contributed by atoms with Crippen LogP contribution >= 0.6 is 0 Å². The first-order valence-corrected chi connectivity index (χ1v) is 10.2. The second-order valence-corrected chi connectivity index (χ2v) is 8.40. The lowest BCUT2D eigenvalue weighted by Gasteiger charge is -2.23. The second kappa shape index (κ2) is 8.03. The Morgan fingerprint density at radius 2 is 1.72 bits per heavy atom. The molecule has 1 saturated heterocycles. The maximum absolute atomic E-state index is 12.9. The Kier molecular flexibility index (Phi) is 5.85. The first-order chi connectivity index (χ1) is 13.6. The molecule has 1 aliphatic heterocycles. The number of hydrogen-bond acceptors (Lipinski definition) is 4. The van der Waals surface area contributed by atoms with E-state index in [1.54, 1.807) is 0 Å². The van der Waals surface area contributed by atoms with Gasteiger partial charge in [0.25, 0.3) is 0 Å². The summed E-state index contributed by atoms with van der Waals surface area (Å²) in [5.41, 5.74) is -0.670. The molecule has 29 heavy (non-hydrogen) atoms. The van der Waals surface area contributed by atoms with Crippen molar-refractivity contribution in [2.24, 2.45) is 0 Å². The summed E-state index contributed by atoms with van der Waals surface area (Å²) in [6.45, 7) is 0.180. The highest BCUT2D eigenvalue weighted by molar-refractivity contribution is 7.89. The molecule has 1 N–H and O–H groups in total. The van der Waals surface area contributed by atoms with E-state index in [4.69, 9.17) is 4.74 Å². The van der Waals surface area contributed by atoms with Crippen molar-refractivity contribution in [1.82, 2.24) is 4.31 Å². The van der Waals surface area contributed by atoms with Crippen molar-refractivity contribution in [2.75, 3.05) is 19.0 Å². The average Bonchev–Trinajstić information content (AvgIpc) is 3.19. The summed E-state index contributed by atoms with van der Waals surface area (Å²) >= 11 is 0. The van der Waals surface area contributed by atoms with Crippen LogP contribution in [0.2, 0.25) is 0 Å². The van der Waals surface area contributed by atoms with Gasteiger partial charge in [0, 0.05) is 12.2 Å². The first-order valence-electron chi connectivity index (χ1n) is 8.77. The number of hydrogen-bond donors (Lipinski definition) is 1. The molecule has 3 rings (SSSR count). The Labute approximate surface area is 166 Å². The third-order valence-corrected chi connectivity index (χ3v) is 6.57. The lowest BCUT2D eigenvalue weighted by Crippen LogP contribution is -2.43. The minimum atomic E-state index is -4.47. The first kappa shape index (κ1) is 21.1. The average molecular weight is 428 g/mol. The molecule has 6 nitrogen and oxygen atoms in total. The Hall–Kier alpha value is -2.59. The number of ether oxygens (including phenoxy) is 1. The molecule has 0 spiro atoms. The summed E-state index contributed by atoms with van der Waals surface area (Å²) in [5, 5.41) is 2.50. The number of halogens is 3. The maximum atomic E-state index is 12.9. The summed E-state index contributed by atoms with van der Waals surface area (Å²) in [7, 11) is -2.44. The maximum Gasteiger partial charge on any atom is 0.416 e. The van der Waals surface area contributed by atoms with Crippen molar-refractivity contribution in [3.8, 4) is 5.75 Å². The van der Waals surface area contributed by atoms with E-state index in [2.05, 4.69) is 5.32 Å². The highest BCUT2D eigenvalue weighted by Crippen LogP contribution is 2.31. The highest BCUT2D eigenvalue weighted by Gasteiger charge is 2.39. The van der Waals surface area contributed by atoms with Gasteiger partial charge < -0.3 is 10.1 Å². The zero-order valence-electron chi connectivity index (χ0n) is 15.4. The van der Waals surface area contributed by atoms with Crippen LogP contribution in [0.4, 0.5) is 18.9 Å². The molecule has 0 unspecified atom stereocenters. The lowest BCUT2D eigenvalue weighted by atomic mass is 10.2. The smallest absolute Gasteiger partial charge is 0.416 e. The van der Waals surface area contributed by atoms with E-state index >= 15 is 0 Å². The topological polar surface area (TPSA) is 75.7 Å². The summed E-state index contributed by atoms with van der Waals surface area (Å²) in [5.74, 6) is -0.0821. The lowest BCUT2D eigenvalue weighted by molar-refractivity contribution is -0.137. The number of nitrogens with one attached hydrogen (secondary N) is 1. The van der Waals surface area contributed by atoms with Crippen LogP contribution < -0.4 is 10.1 Å². The van der Waals surface area contributed by atoms with Crippen LogP contribution in [0.3, 0.4) is 0 Å². The minimum absolute atomic E-state index is 0.0348. The van der Waals surface area contributed by atoms with Gasteiger partial charge in [0.1, 0.15) is 11.8 Å². The molecule has 2 aromatic rings. The molecule has 1 aliphatic rings. The van der Waals surface area contributed by atoms with Gasteiger partial charge in [0.15, 0.2) is 0 Å². The fraction of sp³-hybridized carbons (Fsp3) is 0.316. The van der Waals surface area contributed by atoms with Crippen LogP contribution in [0.1, 0.15) is 18.4 Å². The normalized spacial score (nSPS) is 17.9. The third-order valence-electron chi connectivity index (χ3n) is 4.65. The monoisotopic (exact) mass is 428 g/mol. The molecule has 0 radical (unpaired) electrons. The number of benzene rings is 2. The number of alkyl halides is 3. The van der Waals surface area contributed by atoms with Crippen LogP contribution in [0.15, 0.2) is 53.4 Å². The van der Waals surface area contributed by atoms with Gasteiger partial charge in [-0.05, 0) is 61.4 Å². The largest absolute Gasteiger partial charge is 0.497 e. The van der Waals surface area contributed by atoms with Gasteiger partial charge >= 0.3 is 6.18 Å². The molecule has 1 heterocycles. The Morgan fingerprint density at radius 3 is 2.28 bits per heavy atom. The van der Waals surface area contributed by atoms with Gasteiger partial charge in [-0.15, -0.1) is 0 Å². The molecule has 0 saturated carbocycles. The number of anilines is 1. The molecule has 0 aromatic heterocycles. The molecule has 156 valence electrons. The van der Waals surface area contributed by atoms with Crippen molar-refractivity contribution < 1.29 is 31.1 Å². The Balaban J connectivity index is 1.76. The van der Waals surface area contributed by atoms with Gasteiger partial charge in [-0.1, -0.05) is 0 Å². The molecular formula is C19H19F3N2O4S. The van der Waals surface area contributed by atoms with E-state index in [1.807, 2.05) is 0 Å². The minimum Gasteiger partial charge on any atom is -0.497 e. The van der Waals surface area contributed by atoms with Gasteiger partial charge in [0.2, 0.25) is 15.9 Å². The van der Waals surface area contributed by atoms with Crippen molar-refractivity contribution in [2.45, 2.75) is 30.0 Å². The molecule has 1 atom stereocenters. The fourth-order valence-electron chi connectivity index (χ4n) is 3.14. The van der Waals surface area contributed by atoms with Crippen molar-refractivity contribution in [3.63, 3.8) is 0 Å². The summed E-state index contributed by atoms with van der Waals surface area (Å²) in [4.78, 5) is 12.7. The number of nitrogens with zero attached hydrogens (tertiary/aromatic N) is 1. The van der Waals surface area contributed by atoms with Crippen molar-refractivity contribution in [3.05, 3.63) is 54.1 Å². The quantitative estimate of drug-likeness (QED) is 0.791. The highest BCUT2D eigenvalue weighted by atomic mass is 32.2. The van der Waals surface area contributed by atoms with Crippen LogP contribution in [-0.2, 0) is 21.0 Å². The van der Waals surface area contributed by atoms with E-state index in [1.165, 1.54) is 31.4 Å². The van der Waals surface area contributed by atoms with Crippen molar-refractivity contribution in [1.29, 1.82) is 0 Å². The predicted octanol–water partition coefficient (Wildman–Crippen LogP) is 3.51. The van der Waals surface area contributed by atoms with Crippen LogP contribution in [0.25, 0.3) is 0 Å². The number of methoxy groups -OCH3 is 1. The van der Waals surface area contributed by atoms with Gasteiger partial charge in [-0.2, -0.15) is 17.5 Å². The van der Waals surface area contributed by atoms with Crippen LogP contribution in [-0.4, -0.2) is 38.3 Å². The summed E-state index contributed by atoms with van der Waals surface area (Å²) in [6, 6.07) is 8.88. The molecule has 0 aliphatic carbocycles.